The van der Waals surface area contributed by atoms with E-state index in [4.69, 9.17) is 4.74 Å². The summed E-state index contributed by atoms with van der Waals surface area (Å²) in [5, 5.41) is 3.60. The molecule has 100 valence electrons. The van der Waals surface area contributed by atoms with Gasteiger partial charge in [0.1, 0.15) is 11.4 Å². The lowest BCUT2D eigenvalue weighted by atomic mass is 9.99. The summed E-state index contributed by atoms with van der Waals surface area (Å²) in [6.07, 6.45) is 2.14. The van der Waals surface area contributed by atoms with Crippen molar-refractivity contribution in [3.63, 3.8) is 0 Å². The van der Waals surface area contributed by atoms with Crippen LogP contribution in [0.4, 0.5) is 0 Å². The molecule has 18 heavy (non-hydrogen) atoms. The van der Waals surface area contributed by atoms with Gasteiger partial charge in [-0.05, 0) is 51.3 Å². The molecule has 0 unspecified atom stereocenters. The molecule has 1 aliphatic rings. The van der Waals surface area contributed by atoms with Crippen molar-refractivity contribution >= 4 is 0 Å². The van der Waals surface area contributed by atoms with E-state index in [0.717, 1.165) is 25.1 Å². The van der Waals surface area contributed by atoms with Crippen LogP contribution in [-0.4, -0.2) is 11.1 Å². The van der Waals surface area contributed by atoms with Crippen molar-refractivity contribution in [2.45, 2.75) is 65.1 Å². The summed E-state index contributed by atoms with van der Waals surface area (Å²) >= 11 is 0. The molecule has 0 spiro atoms. The Kier molecular flexibility index (Phi) is 3.41. The monoisotopic (exact) mass is 247 g/mol. The minimum Gasteiger partial charge on any atom is -0.487 e. The lowest BCUT2D eigenvalue weighted by Crippen LogP contribution is -2.37. The predicted molar refractivity (Wildman–Crippen MR) is 76.1 cm³/mol. The van der Waals surface area contributed by atoms with Crippen LogP contribution < -0.4 is 10.1 Å². The highest BCUT2D eigenvalue weighted by Crippen LogP contribution is 2.35. The molecule has 1 aliphatic heterocycles. The highest BCUT2D eigenvalue weighted by atomic mass is 16.5. The van der Waals surface area contributed by atoms with E-state index < -0.39 is 0 Å². The summed E-state index contributed by atoms with van der Waals surface area (Å²) < 4.78 is 5.90. The van der Waals surface area contributed by atoms with E-state index in [1.165, 1.54) is 11.1 Å². The van der Waals surface area contributed by atoms with Crippen molar-refractivity contribution in [3.8, 4) is 5.75 Å². The first-order valence-electron chi connectivity index (χ1n) is 6.87. The largest absolute Gasteiger partial charge is 0.487 e. The molecular weight excluding hydrogens is 222 g/mol. The van der Waals surface area contributed by atoms with Crippen LogP contribution in [-0.2, 0) is 13.0 Å². The van der Waals surface area contributed by atoms with Crippen LogP contribution in [0.5, 0.6) is 5.75 Å². The minimum atomic E-state index is -0.0446. The van der Waals surface area contributed by atoms with Crippen molar-refractivity contribution in [1.82, 2.24) is 5.32 Å². The van der Waals surface area contributed by atoms with Crippen LogP contribution in [0.15, 0.2) is 18.2 Å². The minimum absolute atomic E-state index is 0.0446. The zero-order valence-corrected chi connectivity index (χ0v) is 12.3. The van der Waals surface area contributed by atoms with Crippen molar-refractivity contribution in [2.24, 2.45) is 0 Å². The average Bonchev–Trinajstić information content (AvgIpc) is 2.59. The maximum absolute atomic E-state index is 5.90. The lowest BCUT2D eigenvalue weighted by Gasteiger charge is -2.24. The highest BCUT2D eigenvalue weighted by molar-refractivity contribution is 5.41. The fourth-order valence-electron chi connectivity index (χ4n) is 2.24. The zero-order chi connectivity index (χ0) is 13.4. The Morgan fingerprint density at radius 3 is 2.72 bits per heavy atom. The van der Waals surface area contributed by atoms with E-state index in [9.17, 15) is 0 Å². The van der Waals surface area contributed by atoms with Gasteiger partial charge in [0.25, 0.3) is 0 Å². The Balaban J connectivity index is 2.05. The van der Waals surface area contributed by atoms with Gasteiger partial charge in [-0.15, -0.1) is 0 Å². The van der Waals surface area contributed by atoms with Crippen LogP contribution >= 0.6 is 0 Å². The number of nitrogens with one attached hydrogen (secondary N) is 1. The normalized spacial score (nSPS) is 17.4. The van der Waals surface area contributed by atoms with E-state index >= 15 is 0 Å². The SMILES string of the molecule is CCC(C)(C)NCc1ccc2c(c1)CC(C)(C)O2. The smallest absolute Gasteiger partial charge is 0.123 e. The predicted octanol–water partition coefficient (Wildman–Crippen LogP) is 3.68. The van der Waals surface area contributed by atoms with Crippen molar-refractivity contribution in [2.75, 3.05) is 0 Å². The molecule has 2 heteroatoms. The van der Waals surface area contributed by atoms with Gasteiger partial charge in [0, 0.05) is 18.5 Å². The summed E-state index contributed by atoms with van der Waals surface area (Å²) in [6.45, 7) is 11.9. The van der Waals surface area contributed by atoms with Crippen LogP contribution in [0, 0.1) is 0 Å². The topological polar surface area (TPSA) is 21.3 Å². The molecule has 1 heterocycles. The van der Waals surface area contributed by atoms with Gasteiger partial charge in [-0.1, -0.05) is 19.1 Å². The molecule has 2 nitrogen and oxygen atoms in total. The maximum Gasteiger partial charge on any atom is 0.123 e. The molecule has 1 aromatic carbocycles. The second-order valence-corrected chi connectivity index (χ2v) is 6.57. The Hall–Kier alpha value is -1.02. The molecule has 0 saturated heterocycles. The molecule has 0 aliphatic carbocycles. The first kappa shape index (κ1) is 13.4. The van der Waals surface area contributed by atoms with E-state index in [1.807, 2.05) is 0 Å². The number of hydrogen-bond acceptors (Lipinski definition) is 2. The van der Waals surface area contributed by atoms with Crippen LogP contribution in [0.25, 0.3) is 0 Å². The van der Waals surface area contributed by atoms with E-state index in [1.54, 1.807) is 0 Å². The third kappa shape index (κ3) is 3.05. The first-order valence-corrected chi connectivity index (χ1v) is 6.87. The Morgan fingerprint density at radius 1 is 1.33 bits per heavy atom. The molecular formula is C16H25NO. The van der Waals surface area contributed by atoms with Gasteiger partial charge in [-0.2, -0.15) is 0 Å². The molecule has 0 amide bonds. The number of benzene rings is 1. The third-order valence-corrected chi connectivity index (χ3v) is 3.78. The van der Waals surface area contributed by atoms with Crippen molar-refractivity contribution in [1.29, 1.82) is 0 Å². The summed E-state index contributed by atoms with van der Waals surface area (Å²) in [7, 11) is 0. The fraction of sp³-hybridized carbons (Fsp3) is 0.625. The maximum atomic E-state index is 5.90. The number of ether oxygens (including phenoxy) is 1. The summed E-state index contributed by atoms with van der Waals surface area (Å²) in [5.74, 6) is 1.05. The lowest BCUT2D eigenvalue weighted by molar-refractivity contribution is 0.138. The number of fused-ring (bicyclic) bond motifs is 1. The Bertz CT molecular complexity index is 435. The van der Waals surface area contributed by atoms with E-state index in [0.29, 0.717) is 0 Å². The molecule has 2 rings (SSSR count). The second-order valence-electron chi connectivity index (χ2n) is 6.57. The average molecular weight is 247 g/mol. The van der Waals surface area contributed by atoms with Crippen LogP contribution in [0.3, 0.4) is 0 Å². The highest BCUT2D eigenvalue weighted by Gasteiger charge is 2.29. The summed E-state index contributed by atoms with van der Waals surface area (Å²) in [6, 6.07) is 6.56. The molecule has 0 aromatic heterocycles. The Labute approximate surface area is 111 Å². The van der Waals surface area contributed by atoms with E-state index in [2.05, 4.69) is 58.1 Å². The molecule has 1 aromatic rings. The van der Waals surface area contributed by atoms with Crippen LogP contribution in [0.2, 0.25) is 0 Å². The fourth-order valence-corrected chi connectivity index (χ4v) is 2.24. The van der Waals surface area contributed by atoms with Gasteiger partial charge in [-0.3, -0.25) is 0 Å². The van der Waals surface area contributed by atoms with Gasteiger partial charge < -0.3 is 10.1 Å². The molecule has 1 N–H and O–H groups in total. The summed E-state index contributed by atoms with van der Waals surface area (Å²) in [4.78, 5) is 0. The molecule has 0 radical (unpaired) electrons. The van der Waals surface area contributed by atoms with Gasteiger partial charge in [-0.25, -0.2) is 0 Å². The Morgan fingerprint density at radius 2 is 2.06 bits per heavy atom. The van der Waals surface area contributed by atoms with Gasteiger partial charge >= 0.3 is 0 Å². The molecule has 0 saturated carbocycles. The van der Waals surface area contributed by atoms with Gasteiger partial charge in [0.05, 0.1) is 0 Å². The van der Waals surface area contributed by atoms with Gasteiger partial charge in [0.15, 0.2) is 0 Å². The van der Waals surface area contributed by atoms with Crippen molar-refractivity contribution in [3.05, 3.63) is 29.3 Å². The molecule has 0 atom stereocenters. The standard InChI is InChI=1S/C16H25NO/c1-6-15(2,3)17-11-12-7-8-14-13(9-12)10-16(4,5)18-14/h7-9,17H,6,10-11H2,1-5H3. The number of hydrogen-bond donors (Lipinski definition) is 1. The number of rotatable bonds is 4. The van der Waals surface area contributed by atoms with Crippen molar-refractivity contribution < 1.29 is 4.74 Å². The van der Waals surface area contributed by atoms with Gasteiger partial charge in [0.2, 0.25) is 0 Å². The summed E-state index contributed by atoms with van der Waals surface area (Å²) in [5.41, 5.74) is 2.84. The van der Waals surface area contributed by atoms with E-state index in [-0.39, 0.29) is 11.1 Å². The van der Waals surface area contributed by atoms with Crippen LogP contribution in [0.1, 0.15) is 52.2 Å². The third-order valence-electron chi connectivity index (χ3n) is 3.78. The molecule has 0 bridgehead atoms. The second kappa shape index (κ2) is 4.58. The molecule has 0 fully saturated rings. The quantitative estimate of drug-likeness (QED) is 0.876. The first-order chi connectivity index (χ1) is 8.31. The zero-order valence-electron chi connectivity index (χ0n) is 12.3.